The number of hydrogen-bond donors (Lipinski definition) is 1. The van der Waals surface area contributed by atoms with Crippen LogP contribution in [0.3, 0.4) is 0 Å². The van der Waals surface area contributed by atoms with Crippen LogP contribution < -0.4 is 0 Å². The second-order valence-electron chi connectivity index (χ2n) is 5.40. The zero-order valence-electron chi connectivity index (χ0n) is 12.5. The molecule has 0 saturated heterocycles. The number of rotatable bonds is 6. The Hall–Kier alpha value is -2.24. The predicted molar refractivity (Wildman–Crippen MR) is 77.9 cm³/mol. The van der Waals surface area contributed by atoms with Crippen molar-refractivity contribution in [1.82, 2.24) is 20.2 Å². The minimum atomic E-state index is -0.845. The third-order valence-corrected chi connectivity index (χ3v) is 3.78. The summed E-state index contributed by atoms with van der Waals surface area (Å²) in [5, 5.41) is 20.8. The monoisotopic (exact) mass is 288 g/mol. The van der Waals surface area contributed by atoms with Gasteiger partial charge in [-0.15, -0.1) is 5.10 Å². The molecule has 2 aromatic rings. The minimum absolute atomic E-state index is 0.273. The van der Waals surface area contributed by atoms with Crippen molar-refractivity contribution in [3.63, 3.8) is 0 Å². The van der Waals surface area contributed by atoms with Crippen LogP contribution in [0, 0.1) is 12.8 Å². The molecule has 21 heavy (non-hydrogen) atoms. The third kappa shape index (κ3) is 3.65. The van der Waals surface area contributed by atoms with Gasteiger partial charge in [0.05, 0.1) is 12.0 Å². The molecule has 0 fully saturated rings. The molecule has 0 amide bonds. The van der Waals surface area contributed by atoms with Crippen molar-refractivity contribution >= 4 is 5.97 Å². The molecular weight excluding hydrogens is 268 g/mol. The number of carboxylic acid groups (broad SMARTS) is 1. The van der Waals surface area contributed by atoms with Crippen molar-refractivity contribution in [3.8, 4) is 0 Å². The van der Waals surface area contributed by atoms with Gasteiger partial charge in [0.1, 0.15) is 0 Å². The fourth-order valence-electron chi connectivity index (χ4n) is 2.24. The zero-order valence-corrected chi connectivity index (χ0v) is 12.5. The zero-order chi connectivity index (χ0) is 15.4. The smallest absolute Gasteiger partial charge is 0.308 e. The second-order valence-corrected chi connectivity index (χ2v) is 5.40. The van der Waals surface area contributed by atoms with Crippen LogP contribution in [0.1, 0.15) is 36.8 Å². The van der Waals surface area contributed by atoms with Crippen molar-refractivity contribution < 1.29 is 9.90 Å². The summed E-state index contributed by atoms with van der Waals surface area (Å²) in [5.74, 6) is -0.661. The van der Waals surface area contributed by atoms with Crippen molar-refractivity contribution in [2.75, 3.05) is 0 Å². The lowest BCUT2D eigenvalue weighted by Gasteiger charge is -2.17. The van der Waals surface area contributed by atoms with Gasteiger partial charge in [0.25, 0.3) is 0 Å². The fourth-order valence-corrected chi connectivity index (χ4v) is 2.24. The van der Waals surface area contributed by atoms with Crippen molar-refractivity contribution in [3.05, 3.63) is 41.2 Å². The van der Waals surface area contributed by atoms with E-state index in [0.29, 0.717) is 6.42 Å². The molecule has 2 unspecified atom stereocenters. The molecule has 112 valence electrons. The number of benzene rings is 1. The molecule has 1 heterocycles. The quantitative estimate of drug-likeness (QED) is 0.879. The van der Waals surface area contributed by atoms with Gasteiger partial charge < -0.3 is 5.11 Å². The number of hydrogen-bond acceptors (Lipinski definition) is 4. The predicted octanol–water partition coefficient (Wildman–Crippen LogP) is 2.05. The average Bonchev–Trinajstić information content (AvgIpc) is 2.92. The average molecular weight is 288 g/mol. The van der Waals surface area contributed by atoms with Crippen LogP contribution in [0.4, 0.5) is 0 Å². The Labute approximate surface area is 123 Å². The molecule has 1 aromatic carbocycles. The Balaban J connectivity index is 2.08. The Morgan fingerprint density at radius 3 is 2.76 bits per heavy atom. The molecule has 0 aliphatic carbocycles. The SMILES string of the molecule is Cc1cccc(CCc2nnnn2C(C)C(C)C(=O)O)c1. The van der Waals surface area contributed by atoms with Crippen molar-refractivity contribution in [1.29, 1.82) is 0 Å². The van der Waals surface area contributed by atoms with E-state index in [9.17, 15) is 4.79 Å². The topological polar surface area (TPSA) is 80.9 Å². The van der Waals surface area contributed by atoms with E-state index < -0.39 is 11.9 Å². The van der Waals surface area contributed by atoms with Crippen molar-refractivity contribution in [2.45, 2.75) is 39.7 Å². The van der Waals surface area contributed by atoms with Gasteiger partial charge in [-0.3, -0.25) is 4.79 Å². The number of nitrogens with zero attached hydrogens (tertiary/aromatic N) is 4. The maximum absolute atomic E-state index is 11.1. The van der Waals surface area contributed by atoms with Crippen LogP contribution in [0.2, 0.25) is 0 Å². The summed E-state index contributed by atoms with van der Waals surface area (Å²) in [4.78, 5) is 11.1. The molecule has 2 atom stereocenters. The standard InChI is InChI=1S/C15H20N4O2/c1-10-5-4-6-13(9-10)7-8-14-16-17-18-19(14)12(3)11(2)15(20)21/h4-6,9,11-12H,7-8H2,1-3H3,(H,20,21). The molecule has 1 N–H and O–H groups in total. The largest absolute Gasteiger partial charge is 0.481 e. The summed E-state index contributed by atoms with van der Waals surface area (Å²) in [7, 11) is 0. The molecule has 0 saturated carbocycles. The van der Waals surface area contributed by atoms with E-state index >= 15 is 0 Å². The van der Waals surface area contributed by atoms with E-state index in [1.54, 1.807) is 11.6 Å². The van der Waals surface area contributed by atoms with Gasteiger partial charge in [-0.1, -0.05) is 29.8 Å². The van der Waals surface area contributed by atoms with E-state index in [2.05, 4.69) is 40.6 Å². The van der Waals surface area contributed by atoms with Gasteiger partial charge in [-0.2, -0.15) is 0 Å². The number of carbonyl (C=O) groups is 1. The van der Waals surface area contributed by atoms with Crippen LogP contribution in [0.25, 0.3) is 0 Å². The van der Waals surface area contributed by atoms with Gasteiger partial charge in [0, 0.05) is 6.42 Å². The van der Waals surface area contributed by atoms with Crippen LogP contribution in [0.5, 0.6) is 0 Å². The number of aliphatic carboxylic acids is 1. The summed E-state index contributed by atoms with van der Waals surface area (Å²) in [6.07, 6.45) is 1.52. The van der Waals surface area contributed by atoms with Gasteiger partial charge in [0.15, 0.2) is 5.82 Å². The Morgan fingerprint density at radius 2 is 2.10 bits per heavy atom. The third-order valence-electron chi connectivity index (χ3n) is 3.78. The summed E-state index contributed by atoms with van der Waals surface area (Å²) >= 11 is 0. The molecule has 2 rings (SSSR count). The highest BCUT2D eigenvalue weighted by Gasteiger charge is 2.24. The molecule has 0 bridgehead atoms. The van der Waals surface area contributed by atoms with Crippen LogP contribution >= 0.6 is 0 Å². The van der Waals surface area contributed by atoms with Gasteiger partial charge in [-0.25, -0.2) is 4.68 Å². The normalized spacial score (nSPS) is 13.9. The van der Waals surface area contributed by atoms with Gasteiger partial charge >= 0.3 is 5.97 Å². The summed E-state index contributed by atoms with van der Waals surface area (Å²) in [6.45, 7) is 5.55. The summed E-state index contributed by atoms with van der Waals surface area (Å²) < 4.78 is 1.62. The van der Waals surface area contributed by atoms with Crippen LogP contribution in [-0.4, -0.2) is 31.3 Å². The molecule has 6 heteroatoms. The Morgan fingerprint density at radius 1 is 1.33 bits per heavy atom. The molecule has 0 aliphatic rings. The highest BCUT2D eigenvalue weighted by molar-refractivity contribution is 5.70. The first kappa shape index (κ1) is 15.2. The number of aryl methyl sites for hydroxylation is 3. The maximum atomic E-state index is 11.1. The van der Waals surface area contributed by atoms with E-state index in [-0.39, 0.29) is 6.04 Å². The molecule has 1 aromatic heterocycles. The first-order valence-corrected chi connectivity index (χ1v) is 7.04. The highest BCUT2D eigenvalue weighted by Crippen LogP contribution is 2.18. The number of aromatic nitrogens is 4. The lowest BCUT2D eigenvalue weighted by molar-refractivity contribution is -0.142. The molecule has 0 radical (unpaired) electrons. The summed E-state index contributed by atoms with van der Waals surface area (Å²) in [6, 6.07) is 8.03. The minimum Gasteiger partial charge on any atom is -0.481 e. The number of carboxylic acids is 1. The molecule has 0 spiro atoms. The lowest BCUT2D eigenvalue weighted by atomic mass is 10.0. The summed E-state index contributed by atoms with van der Waals surface area (Å²) in [5.41, 5.74) is 2.45. The van der Waals surface area contributed by atoms with E-state index in [4.69, 9.17) is 5.11 Å². The fraction of sp³-hybridized carbons (Fsp3) is 0.467. The lowest BCUT2D eigenvalue weighted by Crippen LogP contribution is -2.24. The maximum Gasteiger partial charge on any atom is 0.308 e. The van der Waals surface area contributed by atoms with Gasteiger partial charge in [-0.05, 0) is 43.2 Å². The second kappa shape index (κ2) is 6.47. The van der Waals surface area contributed by atoms with Gasteiger partial charge in [0.2, 0.25) is 0 Å². The van der Waals surface area contributed by atoms with Crippen molar-refractivity contribution in [2.24, 2.45) is 5.92 Å². The molecule has 0 aliphatic heterocycles. The van der Waals surface area contributed by atoms with Crippen LogP contribution in [0.15, 0.2) is 24.3 Å². The van der Waals surface area contributed by atoms with E-state index in [1.165, 1.54) is 11.1 Å². The molecule has 6 nitrogen and oxygen atoms in total. The Bertz CT molecular complexity index is 624. The van der Waals surface area contributed by atoms with E-state index in [1.807, 2.05) is 13.0 Å². The molecular formula is C15H20N4O2. The number of tetrazole rings is 1. The Kier molecular flexibility index (Phi) is 4.67. The highest BCUT2D eigenvalue weighted by atomic mass is 16.4. The van der Waals surface area contributed by atoms with Crippen LogP contribution in [-0.2, 0) is 17.6 Å². The first-order valence-electron chi connectivity index (χ1n) is 7.04. The van der Waals surface area contributed by atoms with E-state index in [0.717, 1.165) is 12.2 Å². The first-order chi connectivity index (χ1) is 9.99.